The molecule has 0 spiro atoms. The van der Waals surface area contributed by atoms with Gasteiger partial charge in [-0.1, -0.05) is 26.8 Å². The van der Waals surface area contributed by atoms with Crippen LogP contribution in [-0.4, -0.2) is 56.6 Å². The lowest BCUT2D eigenvalue weighted by Crippen LogP contribution is -2.41. The molecule has 1 atom stereocenters. The highest BCUT2D eigenvalue weighted by Gasteiger charge is 2.37. The number of ether oxygens (including phenoxy) is 1. The number of hydrogen-bond donors (Lipinski definition) is 1. The molecule has 1 aliphatic carbocycles. The van der Waals surface area contributed by atoms with Crippen LogP contribution in [0.3, 0.4) is 0 Å². The van der Waals surface area contributed by atoms with Crippen molar-refractivity contribution in [2.45, 2.75) is 76.2 Å². The van der Waals surface area contributed by atoms with E-state index in [9.17, 15) is 13.2 Å². The zero-order valence-corrected chi connectivity index (χ0v) is 25.1. The summed E-state index contributed by atoms with van der Waals surface area (Å²) in [7, 11) is -5.55. The highest BCUT2D eigenvalue weighted by molar-refractivity contribution is 7.90. The van der Waals surface area contributed by atoms with Crippen LogP contribution in [-0.2, 0) is 25.4 Å². The number of carbonyl (C=O) groups excluding carboxylic acids is 1. The van der Waals surface area contributed by atoms with Crippen LogP contribution in [0.5, 0.6) is 0 Å². The van der Waals surface area contributed by atoms with E-state index in [4.69, 9.17) is 19.9 Å². The lowest BCUT2D eigenvalue weighted by atomic mass is 9.95. The topological polar surface area (TPSA) is 126 Å². The quantitative estimate of drug-likeness (QED) is 0.242. The average Bonchev–Trinajstić information content (AvgIpc) is 3.15. The minimum atomic E-state index is -3.64. The molecule has 0 radical (unpaired) electrons. The largest absolute Gasteiger partial charge is 0.414 e. The number of nitrogens with two attached hydrogens (primary N) is 1. The minimum absolute atomic E-state index is 0.0237. The monoisotopic (exact) mass is 558 g/mol. The van der Waals surface area contributed by atoms with Crippen molar-refractivity contribution in [1.82, 2.24) is 14.5 Å². The Kier molecular flexibility index (Phi) is 7.61. The maximum atomic E-state index is 12.9. The lowest BCUT2D eigenvalue weighted by molar-refractivity contribution is 0.0174. The highest BCUT2D eigenvalue weighted by Crippen LogP contribution is 2.38. The SMILES string of the molecule is Cc1cc2c(C(N)=O)cccc2n1-c1nc2c(c(S(C)(=O)=O)n1)CCC[C@@H]2OCCO[Si](C)(C)C(C)(C)C. The molecule has 1 aromatic carbocycles. The highest BCUT2D eigenvalue weighted by atomic mass is 32.2. The Bertz CT molecular complexity index is 1490. The second kappa shape index (κ2) is 10.2. The van der Waals surface area contributed by atoms with Crippen LogP contribution in [0.4, 0.5) is 0 Å². The summed E-state index contributed by atoms with van der Waals surface area (Å²) in [6.45, 7) is 13.7. The molecule has 206 valence electrons. The van der Waals surface area contributed by atoms with Crippen LogP contribution < -0.4 is 5.73 Å². The van der Waals surface area contributed by atoms with E-state index in [0.29, 0.717) is 47.4 Å². The molecule has 11 heteroatoms. The van der Waals surface area contributed by atoms with Crippen LogP contribution in [0.25, 0.3) is 16.9 Å². The Hall–Kier alpha value is -2.60. The number of sulfone groups is 1. The fraction of sp³-hybridized carbons (Fsp3) is 0.519. The van der Waals surface area contributed by atoms with Crippen LogP contribution in [0.2, 0.25) is 18.1 Å². The molecule has 0 saturated carbocycles. The van der Waals surface area contributed by atoms with Crippen molar-refractivity contribution in [2.75, 3.05) is 19.5 Å². The molecular formula is C27H38N4O5SSi. The summed E-state index contributed by atoms with van der Waals surface area (Å²) in [4.78, 5) is 21.4. The molecule has 0 unspecified atom stereocenters. The van der Waals surface area contributed by atoms with E-state index >= 15 is 0 Å². The van der Waals surface area contributed by atoms with Gasteiger partial charge in [-0.05, 0) is 62.5 Å². The lowest BCUT2D eigenvalue weighted by Gasteiger charge is -2.36. The molecule has 2 heterocycles. The van der Waals surface area contributed by atoms with E-state index in [1.54, 1.807) is 16.7 Å². The molecule has 0 bridgehead atoms. The van der Waals surface area contributed by atoms with Crippen molar-refractivity contribution in [1.29, 1.82) is 0 Å². The molecule has 1 amide bonds. The Morgan fingerprint density at radius 3 is 2.55 bits per heavy atom. The van der Waals surface area contributed by atoms with Crippen LogP contribution >= 0.6 is 0 Å². The van der Waals surface area contributed by atoms with Crippen molar-refractivity contribution in [3.8, 4) is 5.95 Å². The minimum Gasteiger partial charge on any atom is -0.414 e. The van der Waals surface area contributed by atoms with Crippen LogP contribution in [0, 0.1) is 6.92 Å². The van der Waals surface area contributed by atoms with Gasteiger partial charge in [-0.15, -0.1) is 0 Å². The Labute approximate surface area is 225 Å². The van der Waals surface area contributed by atoms with Crippen molar-refractivity contribution in [3.63, 3.8) is 0 Å². The maximum Gasteiger partial charge on any atom is 0.249 e. The molecule has 0 fully saturated rings. The molecule has 0 aliphatic heterocycles. The zero-order chi connectivity index (χ0) is 28.0. The van der Waals surface area contributed by atoms with Crippen molar-refractivity contribution >= 4 is 35.0 Å². The van der Waals surface area contributed by atoms with Gasteiger partial charge in [0.25, 0.3) is 0 Å². The third-order valence-electron chi connectivity index (χ3n) is 7.71. The van der Waals surface area contributed by atoms with Gasteiger partial charge in [-0.25, -0.2) is 18.4 Å². The molecule has 3 aromatic rings. The first-order chi connectivity index (χ1) is 17.6. The van der Waals surface area contributed by atoms with Gasteiger partial charge < -0.3 is 14.9 Å². The van der Waals surface area contributed by atoms with Gasteiger partial charge in [0.15, 0.2) is 23.2 Å². The summed E-state index contributed by atoms with van der Waals surface area (Å²) < 4.78 is 40.1. The van der Waals surface area contributed by atoms with E-state index in [2.05, 4.69) is 38.8 Å². The van der Waals surface area contributed by atoms with Gasteiger partial charge in [-0.3, -0.25) is 9.36 Å². The molecule has 4 rings (SSSR count). The number of amides is 1. The summed E-state index contributed by atoms with van der Waals surface area (Å²) in [6.07, 6.45) is 2.87. The van der Waals surface area contributed by atoms with Crippen molar-refractivity contribution < 1.29 is 22.4 Å². The number of carbonyl (C=O) groups is 1. The first-order valence-electron chi connectivity index (χ1n) is 12.9. The second-order valence-electron chi connectivity index (χ2n) is 11.5. The molecular weight excluding hydrogens is 520 g/mol. The normalized spacial score (nSPS) is 16.6. The first-order valence-corrected chi connectivity index (χ1v) is 17.7. The zero-order valence-electron chi connectivity index (χ0n) is 23.3. The number of fused-ring (bicyclic) bond motifs is 2. The van der Waals surface area contributed by atoms with E-state index in [1.807, 2.05) is 19.1 Å². The summed E-state index contributed by atoms with van der Waals surface area (Å²) in [5, 5.41) is 0.786. The Morgan fingerprint density at radius 1 is 1.21 bits per heavy atom. The smallest absolute Gasteiger partial charge is 0.249 e. The van der Waals surface area contributed by atoms with Gasteiger partial charge in [0, 0.05) is 28.5 Å². The summed E-state index contributed by atoms with van der Waals surface area (Å²) in [5.41, 5.74) is 8.62. The van der Waals surface area contributed by atoms with Crippen molar-refractivity contribution in [3.05, 3.63) is 46.8 Å². The standard InChI is InChI=1S/C27H38N4O5SSi/c1-17-16-20-18(24(28)32)10-8-12-21(20)31(17)26-29-23-19(25(30-26)37(5,33)34)11-9-13-22(23)35-14-15-36-38(6,7)27(2,3)4/h8,10,12,16,22H,9,11,13-15H2,1-7H3,(H2,28,32)/t22-/m0/s1. The Morgan fingerprint density at radius 2 is 1.92 bits per heavy atom. The number of hydrogen-bond acceptors (Lipinski definition) is 7. The van der Waals surface area contributed by atoms with Crippen LogP contribution in [0.1, 0.15) is 67.0 Å². The van der Waals surface area contributed by atoms with Gasteiger partial charge in [-0.2, -0.15) is 0 Å². The maximum absolute atomic E-state index is 12.9. The molecule has 2 aromatic heterocycles. The molecule has 2 N–H and O–H groups in total. The number of primary amides is 1. The fourth-order valence-electron chi connectivity index (χ4n) is 4.69. The van der Waals surface area contributed by atoms with E-state index in [0.717, 1.165) is 18.5 Å². The van der Waals surface area contributed by atoms with E-state index < -0.39 is 24.1 Å². The number of nitrogens with zero attached hydrogens (tertiary/aromatic N) is 3. The first kappa shape index (κ1) is 28.4. The van der Waals surface area contributed by atoms with Gasteiger partial charge in [0.2, 0.25) is 11.9 Å². The third kappa shape index (κ3) is 5.42. The summed E-state index contributed by atoms with van der Waals surface area (Å²) >= 11 is 0. The summed E-state index contributed by atoms with van der Waals surface area (Å²) in [5.74, 6) is -0.310. The summed E-state index contributed by atoms with van der Waals surface area (Å²) in [6, 6.07) is 7.08. The molecule has 0 saturated heterocycles. The van der Waals surface area contributed by atoms with Crippen LogP contribution in [0.15, 0.2) is 29.3 Å². The second-order valence-corrected chi connectivity index (χ2v) is 18.3. The number of aromatic nitrogens is 3. The van der Waals surface area contributed by atoms with Gasteiger partial charge >= 0.3 is 0 Å². The fourth-order valence-corrected chi connectivity index (χ4v) is 6.61. The van der Waals surface area contributed by atoms with E-state index in [1.165, 1.54) is 6.26 Å². The van der Waals surface area contributed by atoms with E-state index in [-0.39, 0.29) is 22.1 Å². The van der Waals surface area contributed by atoms with Crippen molar-refractivity contribution in [2.24, 2.45) is 5.73 Å². The number of aryl methyl sites for hydroxylation is 1. The predicted octanol–water partition coefficient (Wildman–Crippen LogP) is 4.65. The molecule has 1 aliphatic rings. The molecule has 9 nitrogen and oxygen atoms in total. The third-order valence-corrected chi connectivity index (χ3v) is 13.3. The van der Waals surface area contributed by atoms with Gasteiger partial charge in [0.1, 0.15) is 6.10 Å². The number of benzene rings is 1. The van der Waals surface area contributed by atoms with Gasteiger partial charge in [0.05, 0.1) is 24.4 Å². The molecule has 38 heavy (non-hydrogen) atoms. The Balaban J connectivity index is 1.75. The number of rotatable bonds is 8. The predicted molar refractivity (Wildman–Crippen MR) is 150 cm³/mol. The average molecular weight is 559 g/mol.